The van der Waals surface area contributed by atoms with Gasteiger partial charge in [0.25, 0.3) is 0 Å². The van der Waals surface area contributed by atoms with E-state index in [1.807, 2.05) is 18.2 Å². The Hall–Kier alpha value is -1.67. The molecule has 0 bridgehead atoms. The zero-order valence-electron chi connectivity index (χ0n) is 9.21. The van der Waals surface area contributed by atoms with Gasteiger partial charge in [-0.05, 0) is 36.1 Å². The molecule has 1 aromatic heterocycles. The van der Waals surface area contributed by atoms with Crippen molar-refractivity contribution in [1.82, 2.24) is 4.98 Å². The molecule has 2 nitrogen and oxygen atoms in total. The maximum absolute atomic E-state index is 6.12. The third-order valence-electron chi connectivity index (χ3n) is 2.72. The van der Waals surface area contributed by atoms with Crippen LogP contribution < -0.4 is 5.73 Å². The van der Waals surface area contributed by atoms with Crippen LogP contribution in [-0.2, 0) is 6.42 Å². The van der Waals surface area contributed by atoms with Crippen LogP contribution in [0.2, 0.25) is 0 Å². The van der Waals surface area contributed by atoms with Crippen molar-refractivity contribution in [3.8, 4) is 0 Å². The van der Waals surface area contributed by atoms with Gasteiger partial charge in [0, 0.05) is 18.4 Å². The number of hydrogen-bond donors (Lipinski definition) is 1. The molecular weight excluding hydrogens is 196 g/mol. The van der Waals surface area contributed by atoms with Gasteiger partial charge in [-0.15, -0.1) is 0 Å². The molecule has 2 aromatic rings. The molecule has 0 radical (unpaired) electrons. The van der Waals surface area contributed by atoms with Crippen LogP contribution in [0.3, 0.4) is 0 Å². The van der Waals surface area contributed by atoms with Crippen molar-refractivity contribution >= 4 is 0 Å². The molecule has 2 rings (SSSR count). The fourth-order valence-corrected chi connectivity index (χ4v) is 1.74. The van der Waals surface area contributed by atoms with Gasteiger partial charge in [-0.25, -0.2) is 0 Å². The smallest absolute Gasteiger partial charge is 0.0299 e. The van der Waals surface area contributed by atoms with Crippen molar-refractivity contribution in [2.75, 3.05) is 0 Å². The molecule has 0 saturated carbocycles. The van der Waals surface area contributed by atoms with Crippen LogP contribution in [0.4, 0.5) is 0 Å². The van der Waals surface area contributed by atoms with Crippen molar-refractivity contribution in [3.05, 3.63) is 66.0 Å². The van der Waals surface area contributed by atoms with Gasteiger partial charge in [0.1, 0.15) is 0 Å². The van der Waals surface area contributed by atoms with Gasteiger partial charge < -0.3 is 5.73 Å². The van der Waals surface area contributed by atoms with Crippen LogP contribution in [0.1, 0.15) is 23.6 Å². The molecule has 0 aliphatic rings. The number of rotatable bonds is 4. The number of nitrogens with zero attached hydrogens (tertiary/aromatic N) is 1. The molecule has 82 valence electrons. The number of benzene rings is 1. The third kappa shape index (κ3) is 2.91. The molecule has 0 aliphatic carbocycles. The maximum atomic E-state index is 6.12. The van der Waals surface area contributed by atoms with Crippen LogP contribution >= 0.6 is 0 Å². The van der Waals surface area contributed by atoms with Crippen LogP contribution in [0.5, 0.6) is 0 Å². The van der Waals surface area contributed by atoms with Gasteiger partial charge in [0.2, 0.25) is 0 Å². The van der Waals surface area contributed by atoms with Crippen LogP contribution in [0.25, 0.3) is 0 Å². The minimum atomic E-state index is 0.100. The standard InChI is InChI=1S/C14H16N2/c15-14(13-8-10-16-11-9-13)7-6-12-4-2-1-3-5-12/h1-5,8-11,14H,6-7,15H2/t14-/m0/s1. The summed E-state index contributed by atoms with van der Waals surface area (Å²) in [5.41, 5.74) is 8.61. The highest BCUT2D eigenvalue weighted by Gasteiger charge is 2.05. The number of hydrogen-bond acceptors (Lipinski definition) is 2. The minimum absolute atomic E-state index is 0.100. The van der Waals surface area contributed by atoms with E-state index in [1.54, 1.807) is 12.4 Å². The Labute approximate surface area is 96.1 Å². The molecule has 1 heterocycles. The summed E-state index contributed by atoms with van der Waals surface area (Å²) in [5.74, 6) is 0. The van der Waals surface area contributed by atoms with E-state index in [0.717, 1.165) is 18.4 Å². The number of nitrogens with two attached hydrogens (primary N) is 1. The predicted molar refractivity (Wildman–Crippen MR) is 65.9 cm³/mol. The van der Waals surface area contributed by atoms with Crippen molar-refractivity contribution in [2.45, 2.75) is 18.9 Å². The molecule has 2 heteroatoms. The first-order valence-electron chi connectivity index (χ1n) is 5.55. The normalized spacial score (nSPS) is 12.3. The van der Waals surface area contributed by atoms with Crippen LogP contribution in [-0.4, -0.2) is 4.98 Å². The Morgan fingerprint density at radius 3 is 2.38 bits per heavy atom. The fraction of sp³-hybridized carbons (Fsp3) is 0.214. The highest BCUT2D eigenvalue weighted by Crippen LogP contribution is 2.15. The van der Waals surface area contributed by atoms with E-state index >= 15 is 0 Å². The minimum Gasteiger partial charge on any atom is -0.324 e. The average molecular weight is 212 g/mol. The van der Waals surface area contributed by atoms with Crippen molar-refractivity contribution in [2.24, 2.45) is 5.73 Å². The molecule has 0 spiro atoms. The first-order chi connectivity index (χ1) is 7.86. The van der Waals surface area contributed by atoms with Crippen molar-refractivity contribution in [3.63, 3.8) is 0 Å². The Balaban J connectivity index is 1.92. The van der Waals surface area contributed by atoms with Gasteiger partial charge in [0.15, 0.2) is 0 Å². The lowest BCUT2D eigenvalue weighted by Crippen LogP contribution is -2.11. The highest BCUT2D eigenvalue weighted by molar-refractivity contribution is 5.17. The zero-order valence-corrected chi connectivity index (χ0v) is 9.21. The third-order valence-corrected chi connectivity index (χ3v) is 2.72. The van der Waals surface area contributed by atoms with Gasteiger partial charge in [-0.2, -0.15) is 0 Å². The molecule has 1 aromatic carbocycles. The summed E-state index contributed by atoms with van der Waals surface area (Å²) < 4.78 is 0. The first kappa shape index (κ1) is 10.8. The summed E-state index contributed by atoms with van der Waals surface area (Å²) in [6.07, 6.45) is 5.56. The van der Waals surface area contributed by atoms with E-state index < -0.39 is 0 Å². The van der Waals surface area contributed by atoms with E-state index in [0.29, 0.717) is 0 Å². The summed E-state index contributed by atoms with van der Waals surface area (Å²) in [4.78, 5) is 3.99. The summed E-state index contributed by atoms with van der Waals surface area (Å²) in [6, 6.07) is 14.5. The lowest BCUT2D eigenvalue weighted by molar-refractivity contribution is 0.650. The predicted octanol–water partition coefficient (Wildman–Crippen LogP) is 2.71. The Morgan fingerprint density at radius 1 is 1.00 bits per heavy atom. The van der Waals surface area contributed by atoms with Crippen molar-refractivity contribution in [1.29, 1.82) is 0 Å². The largest absolute Gasteiger partial charge is 0.324 e. The SMILES string of the molecule is N[C@@H](CCc1ccccc1)c1ccncc1. The summed E-state index contributed by atoms with van der Waals surface area (Å²) in [6.45, 7) is 0. The molecule has 0 fully saturated rings. The summed E-state index contributed by atoms with van der Waals surface area (Å²) >= 11 is 0. The Bertz CT molecular complexity index is 411. The van der Waals surface area contributed by atoms with E-state index in [1.165, 1.54) is 5.56 Å². The maximum Gasteiger partial charge on any atom is 0.0299 e. The van der Waals surface area contributed by atoms with Gasteiger partial charge >= 0.3 is 0 Å². The van der Waals surface area contributed by atoms with Crippen molar-refractivity contribution < 1.29 is 0 Å². The van der Waals surface area contributed by atoms with Gasteiger partial charge in [-0.3, -0.25) is 4.98 Å². The first-order valence-corrected chi connectivity index (χ1v) is 5.55. The fourth-order valence-electron chi connectivity index (χ4n) is 1.74. The molecule has 0 saturated heterocycles. The second-order valence-corrected chi connectivity index (χ2v) is 3.91. The number of aromatic nitrogens is 1. The number of aryl methyl sites for hydroxylation is 1. The van der Waals surface area contributed by atoms with E-state index in [-0.39, 0.29) is 6.04 Å². The van der Waals surface area contributed by atoms with Crippen LogP contribution in [0, 0.1) is 0 Å². The van der Waals surface area contributed by atoms with E-state index in [2.05, 4.69) is 29.2 Å². The molecular formula is C14H16N2. The average Bonchev–Trinajstić information content (AvgIpc) is 2.38. The van der Waals surface area contributed by atoms with Gasteiger partial charge in [-0.1, -0.05) is 30.3 Å². The Kier molecular flexibility index (Phi) is 3.67. The molecule has 0 aliphatic heterocycles. The zero-order chi connectivity index (χ0) is 11.2. The summed E-state index contributed by atoms with van der Waals surface area (Å²) in [7, 11) is 0. The van der Waals surface area contributed by atoms with Crippen LogP contribution in [0.15, 0.2) is 54.9 Å². The van der Waals surface area contributed by atoms with E-state index in [4.69, 9.17) is 5.73 Å². The highest BCUT2D eigenvalue weighted by atomic mass is 14.6. The summed E-state index contributed by atoms with van der Waals surface area (Å²) in [5, 5.41) is 0. The number of pyridine rings is 1. The second kappa shape index (κ2) is 5.42. The molecule has 0 unspecified atom stereocenters. The lowest BCUT2D eigenvalue weighted by atomic mass is 10.0. The monoisotopic (exact) mass is 212 g/mol. The molecule has 2 N–H and O–H groups in total. The van der Waals surface area contributed by atoms with Gasteiger partial charge in [0.05, 0.1) is 0 Å². The lowest BCUT2D eigenvalue weighted by Gasteiger charge is -2.11. The topological polar surface area (TPSA) is 38.9 Å². The van der Waals surface area contributed by atoms with E-state index in [9.17, 15) is 0 Å². The second-order valence-electron chi connectivity index (χ2n) is 3.91. The quantitative estimate of drug-likeness (QED) is 0.846. The molecule has 1 atom stereocenters. The molecule has 0 amide bonds. The molecule has 16 heavy (non-hydrogen) atoms. The Morgan fingerprint density at radius 2 is 1.69 bits per heavy atom.